The Kier molecular flexibility index (Phi) is 3.86. The summed E-state index contributed by atoms with van der Waals surface area (Å²) in [4.78, 5) is 12.6. The van der Waals surface area contributed by atoms with Gasteiger partial charge in [0.25, 0.3) is 0 Å². The summed E-state index contributed by atoms with van der Waals surface area (Å²) in [6.07, 6.45) is 0. The molecular weight excluding hydrogens is 294 g/mol. The largest absolute Gasteiger partial charge is 0.494 e. The molecule has 3 aromatic rings. The first-order valence-corrected chi connectivity index (χ1v) is 7.42. The summed E-state index contributed by atoms with van der Waals surface area (Å²) in [6.45, 7) is 2.54. The topological polar surface area (TPSA) is 49.7 Å². The van der Waals surface area contributed by atoms with Crippen molar-refractivity contribution in [3.63, 3.8) is 0 Å². The van der Waals surface area contributed by atoms with Gasteiger partial charge in [0.15, 0.2) is 11.5 Å². The van der Waals surface area contributed by atoms with Gasteiger partial charge < -0.3 is 18.8 Å². The van der Waals surface area contributed by atoms with E-state index < -0.39 is 0 Å². The van der Waals surface area contributed by atoms with E-state index in [9.17, 15) is 4.79 Å². The van der Waals surface area contributed by atoms with Gasteiger partial charge in [-0.25, -0.2) is 0 Å². The van der Waals surface area contributed by atoms with Crippen molar-refractivity contribution in [1.29, 1.82) is 0 Å². The number of nitrogens with zero attached hydrogens (tertiary/aromatic N) is 1. The van der Waals surface area contributed by atoms with Crippen molar-refractivity contribution >= 4 is 21.8 Å². The zero-order valence-electron chi connectivity index (χ0n) is 13.7. The number of hydrogen-bond acceptors (Lipinski definition) is 4. The summed E-state index contributed by atoms with van der Waals surface area (Å²) >= 11 is 0. The lowest BCUT2D eigenvalue weighted by atomic mass is 10.2. The molecule has 5 heteroatoms. The Morgan fingerprint density at radius 3 is 2.35 bits per heavy atom. The number of benzene rings is 1. The van der Waals surface area contributed by atoms with Crippen LogP contribution in [0.4, 0.5) is 0 Å². The van der Waals surface area contributed by atoms with Crippen molar-refractivity contribution in [3.05, 3.63) is 40.6 Å². The number of rotatable bonds is 4. The summed E-state index contributed by atoms with van der Waals surface area (Å²) in [7, 11) is 4.96. The molecular formula is C18H19NO4. The van der Waals surface area contributed by atoms with Crippen LogP contribution in [-0.4, -0.2) is 25.4 Å². The van der Waals surface area contributed by atoms with Gasteiger partial charge in [-0.15, -0.1) is 0 Å². The maximum atomic E-state index is 12.6. The van der Waals surface area contributed by atoms with Crippen LogP contribution in [0.15, 0.2) is 35.1 Å². The Hall–Kier alpha value is -2.69. The van der Waals surface area contributed by atoms with Crippen molar-refractivity contribution in [2.24, 2.45) is 7.05 Å². The molecule has 1 aromatic heterocycles. The van der Waals surface area contributed by atoms with Crippen LogP contribution >= 0.6 is 0 Å². The van der Waals surface area contributed by atoms with Crippen LogP contribution < -0.4 is 19.6 Å². The summed E-state index contributed by atoms with van der Waals surface area (Å²) in [6, 6.07) is 9.13. The molecule has 3 rings (SSSR count). The molecule has 0 amide bonds. The zero-order chi connectivity index (χ0) is 16.6. The fourth-order valence-corrected chi connectivity index (χ4v) is 2.93. The maximum absolute atomic E-state index is 12.6. The summed E-state index contributed by atoms with van der Waals surface area (Å²) < 4.78 is 18.1. The second-order valence-corrected chi connectivity index (χ2v) is 5.22. The summed E-state index contributed by atoms with van der Waals surface area (Å²) in [5, 5.41) is 1.80. The average Bonchev–Trinajstić information content (AvgIpc) is 2.73. The van der Waals surface area contributed by atoms with E-state index in [1.54, 1.807) is 7.11 Å². The van der Waals surface area contributed by atoms with E-state index in [4.69, 9.17) is 14.2 Å². The van der Waals surface area contributed by atoms with E-state index in [0.29, 0.717) is 23.6 Å². The summed E-state index contributed by atoms with van der Waals surface area (Å²) in [5.41, 5.74) is 1.43. The number of hydrogen-bond donors (Lipinski definition) is 0. The van der Waals surface area contributed by atoms with Gasteiger partial charge in [-0.2, -0.15) is 0 Å². The predicted octanol–water partition coefficient (Wildman–Crippen LogP) is 3.11. The molecule has 23 heavy (non-hydrogen) atoms. The molecule has 0 aliphatic heterocycles. The van der Waals surface area contributed by atoms with Crippen molar-refractivity contribution in [2.75, 3.05) is 20.8 Å². The molecule has 0 unspecified atom stereocenters. The molecule has 0 aliphatic carbocycles. The van der Waals surface area contributed by atoms with Gasteiger partial charge in [0.2, 0.25) is 5.43 Å². The normalized spacial score (nSPS) is 11.0. The zero-order valence-corrected chi connectivity index (χ0v) is 13.7. The number of aryl methyl sites for hydroxylation is 1. The standard InChI is InChI=1S/C18H19NO4/c1-5-23-11-6-7-12-13-9-16(21-3)17(22-4)10-15(20)18(13)19(2)14(12)8-11/h6-10H,5H2,1-4H3. The van der Waals surface area contributed by atoms with E-state index in [1.165, 1.54) is 13.2 Å². The molecule has 0 N–H and O–H groups in total. The molecule has 0 aliphatic rings. The van der Waals surface area contributed by atoms with Gasteiger partial charge in [0.1, 0.15) is 5.75 Å². The molecule has 2 aromatic carbocycles. The highest BCUT2D eigenvalue weighted by molar-refractivity contribution is 6.08. The average molecular weight is 313 g/mol. The van der Waals surface area contributed by atoms with Crippen LogP contribution in [0.5, 0.6) is 17.2 Å². The highest BCUT2D eigenvalue weighted by atomic mass is 16.5. The third-order valence-corrected chi connectivity index (χ3v) is 3.98. The van der Waals surface area contributed by atoms with Gasteiger partial charge in [-0.1, -0.05) is 0 Å². The number of ether oxygens (including phenoxy) is 3. The molecule has 5 nitrogen and oxygen atoms in total. The van der Waals surface area contributed by atoms with Crippen LogP contribution in [-0.2, 0) is 7.05 Å². The van der Waals surface area contributed by atoms with Gasteiger partial charge in [0.05, 0.1) is 31.9 Å². The maximum Gasteiger partial charge on any atom is 0.206 e. The quantitative estimate of drug-likeness (QED) is 0.742. The Morgan fingerprint density at radius 1 is 1.00 bits per heavy atom. The van der Waals surface area contributed by atoms with Crippen molar-refractivity contribution in [1.82, 2.24) is 4.57 Å². The lowest BCUT2D eigenvalue weighted by molar-refractivity contribution is 0.340. The fourth-order valence-electron chi connectivity index (χ4n) is 2.93. The smallest absolute Gasteiger partial charge is 0.206 e. The lowest BCUT2D eigenvalue weighted by Crippen LogP contribution is -2.02. The van der Waals surface area contributed by atoms with Crippen LogP contribution in [0.3, 0.4) is 0 Å². The van der Waals surface area contributed by atoms with Gasteiger partial charge >= 0.3 is 0 Å². The van der Waals surface area contributed by atoms with Crippen molar-refractivity contribution in [3.8, 4) is 17.2 Å². The predicted molar refractivity (Wildman–Crippen MR) is 91.0 cm³/mol. The minimum Gasteiger partial charge on any atom is -0.494 e. The Labute approximate surface area is 134 Å². The Balaban J connectivity index is 2.46. The molecule has 0 spiro atoms. The second kappa shape index (κ2) is 5.83. The van der Waals surface area contributed by atoms with Crippen LogP contribution in [0.2, 0.25) is 0 Å². The first-order valence-electron chi connectivity index (χ1n) is 7.42. The molecule has 0 saturated heterocycles. The molecule has 1 heterocycles. The molecule has 0 radical (unpaired) electrons. The first-order chi connectivity index (χ1) is 11.1. The van der Waals surface area contributed by atoms with Crippen molar-refractivity contribution < 1.29 is 14.2 Å². The van der Waals surface area contributed by atoms with Gasteiger partial charge in [-0.05, 0) is 25.1 Å². The van der Waals surface area contributed by atoms with E-state index in [2.05, 4.69) is 0 Å². The van der Waals surface area contributed by atoms with Crippen molar-refractivity contribution in [2.45, 2.75) is 6.92 Å². The summed E-state index contributed by atoms with van der Waals surface area (Å²) in [5.74, 6) is 1.74. The third kappa shape index (κ3) is 2.38. The van der Waals surface area contributed by atoms with Crippen LogP contribution in [0.1, 0.15) is 6.92 Å². The molecule has 0 atom stereocenters. The monoisotopic (exact) mass is 313 g/mol. The molecule has 0 bridgehead atoms. The Bertz CT molecular complexity index is 943. The van der Waals surface area contributed by atoms with Crippen LogP contribution in [0.25, 0.3) is 21.8 Å². The second-order valence-electron chi connectivity index (χ2n) is 5.22. The highest BCUT2D eigenvalue weighted by Crippen LogP contribution is 2.33. The highest BCUT2D eigenvalue weighted by Gasteiger charge is 2.14. The molecule has 0 fully saturated rings. The van der Waals surface area contributed by atoms with E-state index in [1.807, 2.05) is 42.8 Å². The number of fused-ring (bicyclic) bond motifs is 3. The minimum atomic E-state index is -0.114. The van der Waals surface area contributed by atoms with E-state index in [0.717, 1.165) is 22.0 Å². The minimum absolute atomic E-state index is 0.114. The Morgan fingerprint density at radius 2 is 1.70 bits per heavy atom. The fraction of sp³-hybridized carbons (Fsp3) is 0.278. The van der Waals surface area contributed by atoms with Crippen LogP contribution in [0, 0.1) is 0 Å². The SMILES string of the molecule is CCOc1ccc2c3cc(OC)c(OC)cc(=O)c3n(C)c2c1. The first kappa shape index (κ1) is 15.2. The molecule has 0 saturated carbocycles. The van der Waals surface area contributed by atoms with Gasteiger partial charge in [-0.3, -0.25) is 4.79 Å². The number of aromatic nitrogens is 1. The molecule has 120 valence electrons. The van der Waals surface area contributed by atoms with E-state index in [-0.39, 0.29) is 5.43 Å². The number of methoxy groups -OCH3 is 2. The lowest BCUT2D eigenvalue weighted by Gasteiger charge is -2.04. The van der Waals surface area contributed by atoms with Gasteiger partial charge in [0, 0.05) is 30.0 Å². The van der Waals surface area contributed by atoms with E-state index >= 15 is 0 Å². The third-order valence-electron chi connectivity index (χ3n) is 3.98.